The van der Waals surface area contributed by atoms with Gasteiger partial charge < -0.3 is 17.3 Å². The third-order valence-corrected chi connectivity index (χ3v) is 4.82. The molecule has 0 amide bonds. The fourth-order valence-corrected chi connectivity index (χ4v) is 3.67. The molecule has 1 aromatic carbocycles. The zero-order chi connectivity index (χ0) is 19.3. The summed E-state index contributed by atoms with van der Waals surface area (Å²) in [4.78, 5) is 2.52. The summed E-state index contributed by atoms with van der Waals surface area (Å²) in [5.74, 6) is 1.26. The van der Waals surface area contributed by atoms with Crippen LogP contribution in [-0.4, -0.2) is 63.9 Å². The van der Waals surface area contributed by atoms with Gasteiger partial charge >= 0.3 is 13.2 Å². The van der Waals surface area contributed by atoms with Gasteiger partial charge in [-0.2, -0.15) is 0 Å². The molecule has 2 fully saturated rings. The molecule has 0 atom stereocenters. The van der Waals surface area contributed by atoms with Gasteiger partial charge in [0.25, 0.3) is 0 Å². The van der Waals surface area contributed by atoms with Crippen LogP contribution in [0.15, 0.2) is 24.3 Å². The van der Waals surface area contributed by atoms with Gasteiger partial charge in [-0.25, -0.2) is 0 Å². The summed E-state index contributed by atoms with van der Waals surface area (Å²) >= 11 is 0. The number of benzene rings is 1. The highest BCUT2D eigenvalue weighted by atomic mass is 19.5. The number of likely N-dealkylation sites (tertiary alicyclic amines) is 1. The lowest BCUT2D eigenvalue weighted by Crippen LogP contribution is -2.47. The quantitative estimate of drug-likeness (QED) is 0.301. The Bertz CT molecular complexity index is 769. The van der Waals surface area contributed by atoms with Crippen molar-refractivity contribution in [2.45, 2.75) is 38.5 Å². The first kappa shape index (κ1) is 19.6. The minimum Gasteiger partial charge on any atom is -0.418 e. The standard InChI is InChI=1S/C17H24N5.BF4/c1-5-11-20(12-6-1)17(21-13-7-2-8-14-21)22-16-10-4-3-9-15(16)18-19-22;2-1(3,4)5/h3-4,9-10H,1-2,5-8,11-14H2;/q+1;-1. The highest BCUT2D eigenvalue weighted by Gasteiger charge is 2.30. The van der Waals surface area contributed by atoms with Crippen molar-refractivity contribution in [3.8, 4) is 0 Å². The van der Waals surface area contributed by atoms with E-state index in [4.69, 9.17) is 0 Å². The van der Waals surface area contributed by atoms with Gasteiger partial charge in [-0.15, -0.1) is 5.10 Å². The molecule has 0 aliphatic carbocycles. The first-order chi connectivity index (χ1) is 12.9. The molecular formula is C17H24BF4N5. The molecule has 0 radical (unpaired) electrons. The second-order valence-corrected chi connectivity index (χ2v) is 6.88. The summed E-state index contributed by atoms with van der Waals surface area (Å²) in [6.07, 6.45) is 7.83. The maximum Gasteiger partial charge on any atom is 0.673 e. The second kappa shape index (κ2) is 8.71. The number of para-hydroxylation sites is 1. The van der Waals surface area contributed by atoms with E-state index < -0.39 is 7.25 Å². The number of fused-ring (bicyclic) bond motifs is 1. The molecule has 10 heteroatoms. The van der Waals surface area contributed by atoms with Crippen LogP contribution in [0.4, 0.5) is 17.3 Å². The second-order valence-electron chi connectivity index (χ2n) is 6.88. The average molecular weight is 385 g/mol. The van der Waals surface area contributed by atoms with Gasteiger partial charge in [0.2, 0.25) is 0 Å². The van der Waals surface area contributed by atoms with Crippen LogP contribution >= 0.6 is 0 Å². The van der Waals surface area contributed by atoms with E-state index in [1.54, 1.807) is 0 Å². The number of hydrogen-bond donors (Lipinski definition) is 0. The van der Waals surface area contributed by atoms with E-state index >= 15 is 0 Å². The number of hydrogen-bond acceptors (Lipinski definition) is 2. The van der Waals surface area contributed by atoms with E-state index in [2.05, 4.69) is 36.6 Å². The SMILES string of the molecule is F[B-](F)(F)F.c1ccc2c(c1)nnn2C(N1CCCCC1)=[N+]1CCCCC1. The van der Waals surface area contributed by atoms with Crippen molar-refractivity contribution in [3.63, 3.8) is 0 Å². The molecule has 0 saturated carbocycles. The highest BCUT2D eigenvalue weighted by molar-refractivity contribution is 6.50. The summed E-state index contributed by atoms with van der Waals surface area (Å²) in [7, 11) is -6.00. The smallest absolute Gasteiger partial charge is 0.418 e. The maximum absolute atomic E-state index is 9.75. The molecule has 3 heterocycles. The van der Waals surface area contributed by atoms with E-state index in [1.165, 1.54) is 44.5 Å². The van der Waals surface area contributed by atoms with E-state index in [0.717, 1.165) is 37.2 Å². The zero-order valence-electron chi connectivity index (χ0n) is 15.2. The normalized spacial score (nSPS) is 18.2. The van der Waals surface area contributed by atoms with Gasteiger partial charge in [0.1, 0.15) is 5.52 Å². The summed E-state index contributed by atoms with van der Waals surface area (Å²) in [6, 6.07) is 8.28. The molecule has 27 heavy (non-hydrogen) atoms. The molecule has 0 bridgehead atoms. The molecule has 0 spiro atoms. The highest BCUT2D eigenvalue weighted by Crippen LogP contribution is 2.16. The fourth-order valence-electron chi connectivity index (χ4n) is 3.67. The van der Waals surface area contributed by atoms with Crippen molar-refractivity contribution in [2.75, 3.05) is 26.2 Å². The van der Waals surface area contributed by atoms with Crippen molar-refractivity contribution < 1.29 is 21.8 Å². The Hall–Kier alpha value is -2.13. The van der Waals surface area contributed by atoms with Crippen LogP contribution in [0, 0.1) is 0 Å². The molecule has 148 valence electrons. The van der Waals surface area contributed by atoms with Gasteiger partial charge in [-0.1, -0.05) is 16.8 Å². The maximum atomic E-state index is 9.75. The van der Waals surface area contributed by atoms with Crippen LogP contribution in [0.25, 0.3) is 11.0 Å². The molecule has 2 aromatic rings. The molecule has 2 saturated heterocycles. The monoisotopic (exact) mass is 385 g/mol. The van der Waals surface area contributed by atoms with Crippen molar-refractivity contribution >= 4 is 24.2 Å². The van der Waals surface area contributed by atoms with Crippen LogP contribution in [0.2, 0.25) is 0 Å². The topological polar surface area (TPSA) is 37.0 Å². The van der Waals surface area contributed by atoms with E-state index in [0.29, 0.717) is 0 Å². The summed E-state index contributed by atoms with van der Waals surface area (Å²) < 4.78 is 43.6. The van der Waals surface area contributed by atoms with E-state index in [1.807, 2.05) is 12.1 Å². The van der Waals surface area contributed by atoms with Gasteiger partial charge in [0.05, 0.1) is 26.2 Å². The lowest BCUT2D eigenvalue weighted by molar-refractivity contribution is -0.544. The molecule has 0 N–H and O–H groups in total. The first-order valence-electron chi connectivity index (χ1n) is 9.48. The third-order valence-electron chi connectivity index (χ3n) is 4.82. The van der Waals surface area contributed by atoms with Crippen molar-refractivity contribution in [2.24, 2.45) is 0 Å². The molecule has 2 aliphatic heterocycles. The van der Waals surface area contributed by atoms with Crippen LogP contribution in [-0.2, 0) is 0 Å². The molecule has 1 aromatic heterocycles. The number of aromatic nitrogens is 3. The minimum atomic E-state index is -6.00. The predicted octanol–water partition coefficient (Wildman–Crippen LogP) is 3.62. The lowest BCUT2D eigenvalue weighted by atomic mass is 10.1. The molecule has 5 nitrogen and oxygen atoms in total. The Labute approximate surface area is 155 Å². The van der Waals surface area contributed by atoms with E-state index in [-0.39, 0.29) is 0 Å². The first-order valence-corrected chi connectivity index (χ1v) is 9.48. The van der Waals surface area contributed by atoms with Gasteiger partial charge in [0, 0.05) is 5.21 Å². The molecular weight excluding hydrogens is 361 g/mol. The predicted molar refractivity (Wildman–Crippen MR) is 97.4 cm³/mol. The fraction of sp³-hybridized carbons (Fsp3) is 0.588. The Kier molecular flexibility index (Phi) is 6.33. The largest absolute Gasteiger partial charge is 0.673 e. The van der Waals surface area contributed by atoms with Crippen LogP contribution in [0.1, 0.15) is 38.5 Å². The van der Waals surface area contributed by atoms with Crippen LogP contribution < -0.4 is 0 Å². The average Bonchev–Trinajstić information content (AvgIpc) is 3.07. The Morgan fingerprint density at radius 3 is 2.15 bits per heavy atom. The van der Waals surface area contributed by atoms with Gasteiger partial charge in [0.15, 0.2) is 5.52 Å². The number of rotatable bonds is 0. The van der Waals surface area contributed by atoms with Crippen molar-refractivity contribution in [1.29, 1.82) is 0 Å². The summed E-state index contributed by atoms with van der Waals surface area (Å²) in [6.45, 7) is 4.56. The number of nitrogens with zero attached hydrogens (tertiary/aromatic N) is 5. The number of halogens is 4. The molecule has 2 aliphatic rings. The Balaban J connectivity index is 0.000000376. The van der Waals surface area contributed by atoms with Crippen LogP contribution in [0.5, 0.6) is 0 Å². The molecule has 0 unspecified atom stereocenters. The van der Waals surface area contributed by atoms with Gasteiger partial charge in [-0.3, -0.25) is 9.48 Å². The summed E-state index contributed by atoms with van der Waals surface area (Å²) in [5, 5.41) is 8.86. The van der Waals surface area contributed by atoms with Crippen molar-refractivity contribution in [1.82, 2.24) is 19.9 Å². The van der Waals surface area contributed by atoms with Gasteiger partial charge in [-0.05, 0) is 50.7 Å². The molecule has 4 rings (SSSR count). The van der Waals surface area contributed by atoms with Crippen LogP contribution in [0.3, 0.4) is 0 Å². The Morgan fingerprint density at radius 1 is 0.889 bits per heavy atom. The minimum absolute atomic E-state index is 0.981. The van der Waals surface area contributed by atoms with Crippen molar-refractivity contribution in [3.05, 3.63) is 24.3 Å². The summed E-state index contributed by atoms with van der Waals surface area (Å²) in [5.41, 5.74) is 2.10. The van der Waals surface area contributed by atoms with E-state index in [9.17, 15) is 17.3 Å². The Morgan fingerprint density at radius 2 is 1.48 bits per heavy atom. The zero-order valence-corrected chi connectivity index (χ0v) is 15.2. The third kappa shape index (κ3) is 5.43. The lowest BCUT2D eigenvalue weighted by Gasteiger charge is -2.27. The number of piperidine rings is 2.